The van der Waals surface area contributed by atoms with E-state index in [9.17, 15) is 0 Å². The Morgan fingerprint density at radius 1 is 1.32 bits per heavy atom. The van der Waals surface area contributed by atoms with E-state index in [0.717, 1.165) is 38.1 Å². The van der Waals surface area contributed by atoms with E-state index in [-0.39, 0.29) is 0 Å². The minimum Gasteiger partial charge on any atom is -0.384 e. The first-order chi connectivity index (χ1) is 10.6. The molecule has 2 fully saturated rings. The number of aliphatic imine (C=N–C) groups is 1. The van der Waals surface area contributed by atoms with E-state index < -0.39 is 0 Å². The molecule has 0 aromatic carbocycles. The van der Waals surface area contributed by atoms with E-state index in [2.05, 4.69) is 34.0 Å². The van der Waals surface area contributed by atoms with Crippen molar-refractivity contribution in [2.24, 2.45) is 16.8 Å². The van der Waals surface area contributed by atoms with Crippen molar-refractivity contribution in [1.82, 2.24) is 15.1 Å². The van der Waals surface area contributed by atoms with Gasteiger partial charge < -0.3 is 15.0 Å². The molecule has 5 nitrogen and oxygen atoms in total. The maximum absolute atomic E-state index is 5.28. The van der Waals surface area contributed by atoms with Crippen LogP contribution >= 0.6 is 0 Å². The van der Waals surface area contributed by atoms with Gasteiger partial charge in [-0.05, 0) is 38.6 Å². The predicted octanol–water partition coefficient (Wildman–Crippen LogP) is 1.65. The standard InChI is InChI=1S/C17H34N4O/c1-14-6-5-8-20(11-14)15(2)10-19-17(18-3)21-9-7-16(12-21)13-22-4/h14-16H,5-13H2,1-4H3,(H,18,19). The van der Waals surface area contributed by atoms with Crippen LogP contribution in [0.25, 0.3) is 0 Å². The molecule has 128 valence electrons. The summed E-state index contributed by atoms with van der Waals surface area (Å²) in [5.74, 6) is 2.53. The summed E-state index contributed by atoms with van der Waals surface area (Å²) < 4.78 is 5.28. The van der Waals surface area contributed by atoms with Gasteiger partial charge in [0.05, 0.1) is 6.61 Å². The van der Waals surface area contributed by atoms with Crippen molar-refractivity contribution in [3.63, 3.8) is 0 Å². The lowest BCUT2D eigenvalue weighted by Gasteiger charge is -2.36. The molecule has 0 aromatic rings. The number of hydrogen-bond donors (Lipinski definition) is 1. The predicted molar refractivity (Wildman–Crippen MR) is 92.4 cm³/mol. The number of piperidine rings is 1. The highest BCUT2D eigenvalue weighted by Gasteiger charge is 2.26. The van der Waals surface area contributed by atoms with Gasteiger partial charge in [-0.1, -0.05) is 6.92 Å². The number of nitrogens with one attached hydrogen (secondary N) is 1. The average molecular weight is 310 g/mol. The SMILES string of the molecule is CN=C(NCC(C)N1CCCC(C)C1)N1CCC(COC)C1. The Morgan fingerprint density at radius 3 is 2.82 bits per heavy atom. The molecule has 0 spiro atoms. The Kier molecular flexibility index (Phi) is 6.96. The summed E-state index contributed by atoms with van der Waals surface area (Å²) in [5.41, 5.74) is 0. The van der Waals surface area contributed by atoms with Crippen molar-refractivity contribution in [2.75, 3.05) is 53.5 Å². The number of methoxy groups -OCH3 is 1. The lowest BCUT2D eigenvalue weighted by Crippen LogP contribution is -2.49. The maximum atomic E-state index is 5.28. The van der Waals surface area contributed by atoms with Crippen LogP contribution in [0.15, 0.2) is 4.99 Å². The Bertz CT molecular complexity index is 361. The van der Waals surface area contributed by atoms with Crippen LogP contribution in [-0.2, 0) is 4.74 Å². The van der Waals surface area contributed by atoms with E-state index in [4.69, 9.17) is 4.74 Å². The lowest BCUT2D eigenvalue weighted by molar-refractivity contribution is 0.139. The third-order valence-electron chi connectivity index (χ3n) is 5.07. The quantitative estimate of drug-likeness (QED) is 0.619. The fraction of sp³-hybridized carbons (Fsp3) is 0.941. The summed E-state index contributed by atoms with van der Waals surface area (Å²) in [6.45, 7) is 11.2. The second-order valence-electron chi connectivity index (χ2n) is 7.08. The summed E-state index contributed by atoms with van der Waals surface area (Å²) in [5, 5.41) is 3.58. The van der Waals surface area contributed by atoms with Crippen molar-refractivity contribution < 1.29 is 4.74 Å². The van der Waals surface area contributed by atoms with Crippen LogP contribution in [-0.4, -0.2) is 75.3 Å². The van der Waals surface area contributed by atoms with Gasteiger partial charge in [0.15, 0.2) is 5.96 Å². The van der Waals surface area contributed by atoms with Gasteiger partial charge in [-0.3, -0.25) is 9.89 Å². The zero-order valence-electron chi connectivity index (χ0n) is 14.8. The van der Waals surface area contributed by atoms with Crippen LogP contribution < -0.4 is 5.32 Å². The second-order valence-corrected chi connectivity index (χ2v) is 7.08. The third kappa shape index (κ3) is 4.85. The van der Waals surface area contributed by atoms with Gasteiger partial charge in [-0.15, -0.1) is 0 Å². The van der Waals surface area contributed by atoms with Crippen molar-refractivity contribution in [3.05, 3.63) is 0 Å². The molecule has 1 N–H and O–H groups in total. The minimum absolute atomic E-state index is 0.567. The number of ether oxygens (including phenoxy) is 1. The molecule has 3 atom stereocenters. The summed E-state index contributed by atoms with van der Waals surface area (Å²) in [6, 6.07) is 0.567. The average Bonchev–Trinajstić information content (AvgIpc) is 2.96. The molecule has 0 bridgehead atoms. The molecule has 5 heteroatoms. The highest BCUT2D eigenvalue weighted by Crippen LogP contribution is 2.18. The van der Waals surface area contributed by atoms with Crippen LogP contribution in [0.3, 0.4) is 0 Å². The molecule has 0 saturated carbocycles. The minimum atomic E-state index is 0.567. The van der Waals surface area contributed by atoms with E-state index in [0.29, 0.717) is 12.0 Å². The second kappa shape index (κ2) is 8.73. The lowest BCUT2D eigenvalue weighted by atomic mass is 9.99. The Morgan fingerprint density at radius 2 is 2.14 bits per heavy atom. The van der Waals surface area contributed by atoms with Gasteiger partial charge in [0, 0.05) is 52.3 Å². The summed E-state index contributed by atoms with van der Waals surface area (Å²) in [7, 11) is 3.68. The number of hydrogen-bond acceptors (Lipinski definition) is 3. The fourth-order valence-electron chi connectivity index (χ4n) is 3.72. The smallest absolute Gasteiger partial charge is 0.193 e. The number of likely N-dealkylation sites (tertiary alicyclic amines) is 2. The molecule has 2 saturated heterocycles. The van der Waals surface area contributed by atoms with Crippen LogP contribution in [0.4, 0.5) is 0 Å². The van der Waals surface area contributed by atoms with Gasteiger partial charge in [0.1, 0.15) is 0 Å². The van der Waals surface area contributed by atoms with E-state index in [1.54, 1.807) is 7.11 Å². The first-order valence-electron chi connectivity index (χ1n) is 8.82. The van der Waals surface area contributed by atoms with Crippen molar-refractivity contribution in [1.29, 1.82) is 0 Å². The molecule has 2 heterocycles. The van der Waals surface area contributed by atoms with Gasteiger partial charge in [-0.25, -0.2) is 0 Å². The summed E-state index contributed by atoms with van der Waals surface area (Å²) in [4.78, 5) is 9.46. The van der Waals surface area contributed by atoms with E-state index in [1.165, 1.54) is 32.4 Å². The van der Waals surface area contributed by atoms with Crippen LogP contribution in [0.5, 0.6) is 0 Å². The van der Waals surface area contributed by atoms with Crippen LogP contribution in [0.2, 0.25) is 0 Å². The van der Waals surface area contributed by atoms with Gasteiger partial charge in [0.2, 0.25) is 0 Å². The van der Waals surface area contributed by atoms with Gasteiger partial charge >= 0.3 is 0 Å². The molecular formula is C17H34N4O. The molecule has 22 heavy (non-hydrogen) atoms. The number of rotatable bonds is 5. The molecular weight excluding hydrogens is 276 g/mol. The summed E-state index contributed by atoms with van der Waals surface area (Å²) >= 11 is 0. The molecule has 0 aromatic heterocycles. The molecule has 0 radical (unpaired) electrons. The highest BCUT2D eigenvalue weighted by molar-refractivity contribution is 5.80. The van der Waals surface area contributed by atoms with Crippen molar-refractivity contribution in [3.8, 4) is 0 Å². The molecule has 0 amide bonds. The Balaban J connectivity index is 1.76. The number of nitrogens with zero attached hydrogens (tertiary/aromatic N) is 3. The Labute approximate surface area is 136 Å². The molecule has 3 unspecified atom stereocenters. The van der Waals surface area contributed by atoms with Crippen LogP contribution in [0, 0.1) is 11.8 Å². The molecule has 2 rings (SSSR count). The zero-order chi connectivity index (χ0) is 15.9. The summed E-state index contributed by atoms with van der Waals surface area (Å²) in [6.07, 6.45) is 3.92. The number of guanidine groups is 1. The molecule has 0 aliphatic carbocycles. The molecule has 2 aliphatic rings. The molecule has 2 aliphatic heterocycles. The topological polar surface area (TPSA) is 40.1 Å². The van der Waals surface area contributed by atoms with E-state index >= 15 is 0 Å². The van der Waals surface area contributed by atoms with Crippen molar-refractivity contribution in [2.45, 2.75) is 39.2 Å². The Hall–Kier alpha value is -0.810. The zero-order valence-corrected chi connectivity index (χ0v) is 14.8. The third-order valence-corrected chi connectivity index (χ3v) is 5.07. The fourth-order valence-corrected chi connectivity index (χ4v) is 3.72. The first kappa shape index (κ1) is 17.5. The maximum Gasteiger partial charge on any atom is 0.193 e. The highest BCUT2D eigenvalue weighted by atomic mass is 16.5. The monoisotopic (exact) mass is 310 g/mol. The van der Waals surface area contributed by atoms with E-state index in [1.807, 2.05) is 7.05 Å². The van der Waals surface area contributed by atoms with Crippen molar-refractivity contribution >= 4 is 5.96 Å². The van der Waals surface area contributed by atoms with Gasteiger partial charge in [-0.2, -0.15) is 0 Å². The first-order valence-corrected chi connectivity index (χ1v) is 8.82. The largest absolute Gasteiger partial charge is 0.384 e. The van der Waals surface area contributed by atoms with Crippen LogP contribution in [0.1, 0.15) is 33.1 Å². The normalized spacial score (nSPS) is 28.9. The van der Waals surface area contributed by atoms with Gasteiger partial charge in [0.25, 0.3) is 0 Å².